The largest absolute Gasteiger partial charge is 0.462 e. The molecular weight excluding hydrogens is 244 g/mol. The zero-order valence-electron chi connectivity index (χ0n) is 11.5. The molecule has 1 saturated carbocycles. The maximum Gasteiger partial charge on any atom is 0.306 e. The third kappa shape index (κ3) is 3.57. The fourth-order valence-electron chi connectivity index (χ4n) is 3.14. The highest BCUT2D eigenvalue weighted by atomic mass is 16.6. The zero-order chi connectivity index (χ0) is 13.8. The fraction of sp³-hybridized carbons (Fsp3) is 0.800. The molecule has 1 aliphatic heterocycles. The highest BCUT2D eigenvalue weighted by Crippen LogP contribution is 2.42. The van der Waals surface area contributed by atoms with Crippen molar-refractivity contribution >= 4 is 5.97 Å². The minimum absolute atomic E-state index is 0.0581. The van der Waals surface area contributed by atoms with Crippen molar-refractivity contribution in [1.82, 2.24) is 0 Å². The molecule has 0 aromatic heterocycles. The van der Waals surface area contributed by atoms with Crippen LogP contribution in [-0.2, 0) is 9.53 Å². The number of hydrogen-bond acceptors (Lipinski definition) is 4. The number of aliphatic hydroxyl groups excluding tert-OH is 2. The van der Waals surface area contributed by atoms with E-state index >= 15 is 0 Å². The minimum Gasteiger partial charge on any atom is -0.462 e. The van der Waals surface area contributed by atoms with Crippen molar-refractivity contribution < 1.29 is 19.7 Å². The Labute approximate surface area is 114 Å². The SMILES string of the molecule is CCCCCC(O)C=C[C@@H]1C2CC(=O)OC2C[C@H]1O. The summed E-state index contributed by atoms with van der Waals surface area (Å²) in [5, 5.41) is 19.8. The van der Waals surface area contributed by atoms with Gasteiger partial charge in [-0.05, 0) is 6.42 Å². The normalized spacial score (nSPS) is 35.6. The maximum atomic E-state index is 11.2. The van der Waals surface area contributed by atoms with Crippen molar-refractivity contribution in [2.75, 3.05) is 0 Å². The van der Waals surface area contributed by atoms with Gasteiger partial charge in [-0.25, -0.2) is 0 Å². The lowest BCUT2D eigenvalue weighted by Gasteiger charge is -2.15. The molecule has 1 heterocycles. The molecule has 0 aromatic carbocycles. The van der Waals surface area contributed by atoms with Crippen molar-refractivity contribution in [2.24, 2.45) is 11.8 Å². The van der Waals surface area contributed by atoms with E-state index in [1.807, 2.05) is 6.08 Å². The molecule has 0 radical (unpaired) electrons. The van der Waals surface area contributed by atoms with Crippen molar-refractivity contribution in [1.29, 1.82) is 0 Å². The first-order chi connectivity index (χ1) is 9.11. The summed E-state index contributed by atoms with van der Waals surface area (Å²) in [4.78, 5) is 11.2. The summed E-state index contributed by atoms with van der Waals surface area (Å²) in [6, 6.07) is 0. The first-order valence-corrected chi connectivity index (χ1v) is 7.35. The number of fused-ring (bicyclic) bond motifs is 1. The summed E-state index contributed by atoms with van der Waals surface area (Å²) in [6.07, 6.45) is 7.58. The van der Waals surface area contributed by atoms with Gasteiger partial charge in [0, 0.05) is 18.3 Å². The van der Waals surface area contributed by atoms with E-state index < -0.39 is 12.2 Å². The number of carbonyl (C=O) groups is 1. The first kappa shape index (κ1) is 14.5. The lowest BCUT2D eigenvalue weighted by atomic mass is 9.91. The number of rotatable bonds is 6. The van der Waals surface area contributed by atoms with Gasteiger partial charge in [0.2, 0.25) is 0 Å². The Morgan fingerprint density at radius 2 is 2.26 bits per heavy atom. The molecular formula is C15H24O4. The molecule has 5 atom stereocenters. The van der Waals surface area contributed by atoms with Gasteiger partial charge in [-0.1, -0.05) is 38.3 Å². The first-order valence-electron chi connectivity index (χ1n) is 7.35. The van der Waals surface area contributed by atoms with Crippen LogP contribution < -0.4 is 0 Å². The molecule has 0 bridgehead atoms. The van der Waals surface area contributed by atoms with E-state index in [4.69, 9.17) is 4.74 Å². The van der Waals surface area contributed by atoms with Gasteiger partial charge in [0.15, 0.2) is 0 Å². The van der Waals surface area contributed by atoms with Gasteiger partial charge < -0.3 is 14.9 Å². The van der Waals surface area contributed by atoms with E-state index in [0.717, 1.165) is 25.7 Å². The fourth-order valence-corrected chi connectivity index (χ4v) is 3.14. The summed E-state index contributed by atoms with van der Waals surface area (Å²) in [6.45, 7) is 2.13. The van der Waals surface area contributed by atoms with Crippen LogP contribution in [0.2, 0.25) is 0 Å². The number of hydrogen-bond donors (Lipinski definition) is 2. The predicted octanol–water partition coefficient (Wildman–Crippen LogP) is 1.80. The van der Waals surface area contributed by atoms with Crippen molar-refractivity contribution in [3.05, 3.63) is 12.2 Å². The molecule has 0 aromatic rings. The van der Waals surface area contributed by atoms with Crippen LogP contribution in [0.5, 0.6) is 0 Å². The van der Waals surface area contributed by atoms with E-state index in [1.54, 1.807) is 6.08 Å². The van der Waals surface area contributed by atoms with Crippen LogP contribution in [0.15, 0.2) is 12.2 Å². The second-order valence-electron chi connectivity index (χ2n) is 5.72. The highest BCUT2D eigenvalue weighted by Gasteiger charge is 2.48. The Morgan fingerprint density at radius 1 is 1.47 bits per heavy atom. The van der Waals surface area contributed by atoms with Crippen molar-refractivity contribution in [3.8, 4) is 0 Å². The van der Waals surface area contributed by atoms with Crippen molar-refractivity contribution in [3.63, 3.8) is 0 Å². The molecule has 1 aliphatic carbocycles. The standard InChI is InChI=1S/C15H24O4/c1-2-3-4-5-10(16)6-7-11-12-8-15(18)19-14(12)9-13(11)17/h6-7,10-14,16-17H,2-5,8-9H2,1H3/t10?,11-,12?,13-,14?/m1/s1. The molecule has 0 spiro atoms. The molecule has 19 heavy (non-hydrogen) atoms. The Hall–Kier alpha value is -0.870. The van der Waals surface area contributed by atoms with Gasteiger partial charge in [0.25, 0.3) is 0 Å². The molecule has 0 amide bonds. The second kappa shape index (κ2) is 6.53. The summed E-state index contributed by atoms with van der Waals surface area (Å²) >= 11 is 0. The van der Waals surface area contributed by atoms with Gasteiger partial charge in [0.1, 0.15) is 6.10 Å². The summed E-state index contributed by atoms with van der Waals surface area (Å²) in [5.74, 6) is -0.136. The molecule has 2 fully saturated rings. The average molecular weight is 268 g/mol. The highest BCUT2D eigenvalue weighted by molar-refractivity contribution is 5.72. The number of carbonyl (C=O) groups excluding carboxylic acids is 1. The molecule has 2 aliphatic rings. The van der Waals surface area contributed by atoms with E-state index in [-0.39, 0.29) is 23.9 Å². The Morgan fingerprint density at radius 3 is 3.00 bits per heavy atom. The Balaban J connectivity index is 1.85. The van der Waals surface area contributed by atoms with Gasteiger partial charge in [-0.3, -0.25) is 4.79 Å². The van der Waals surface area contributed by atoms with E-state index in [0.29, 0.717) is 12.8 Å². The van der Waals surface area contributed by atoms with Crippen LogP contribution in [0, 0.1) is 11.8 Å². The lowest BCUT2D eigenvalue weighted by Crippen LogP contribution is -2.18. The molecule has 4 heteroatoms. The molecule has 3 unspecified atom stereocenters. The second-order valence-corrected chi connectivity index (χ2v) is 5.72. The minimum atomic E-state index is -0.456. The monoisotopic (exact) mass is 268 g/mol. The number of esters is 1. The van der Waals surface area contributed by atoms with Crippen LogP contribution in [0.25, 0.3) is 0 Å². The molecule has 1 saturated heterocycles. The predicted molar refractivity (Wildman–Crippen MR) is 71.4 cm³/mol. The van der Waals surface area contributed by atoms with Gasteiger partial charge >= 0.3 is 5.97 Å². The zero-order valence-corrected chi connectivity index (χ0v) is 11.5. The maximum absolute atomic E-state index is 11.2. The number of aliphatic hydroxyl groups is 2. The van der Waals surface area contributed by atoms with Crippen LogP contribution >= 0.6 is 0 Å². The van der Waals surface area contributed by atoms with Crippen LogP contribution in [0.1, 0.15) is 45.4 Å². The quantitative estimate of drug-likeness (QED) is 0.438. The topological polar surface area (TPSA) is 66.8 Å². The summed E-state index contributed by atoms with van der Waals surface area (Å²) < 4.78 is 5.18. The van der Waals surface area contributed by atoms with Crippen molar-refractivity contribution in [2.45, 2.75) is 63.8 Å². The number of unbranched alkanes of at least 4 members (excludes halogenated alkanes) is 2. The Bertz CT molecular complexity index is 339. The lowest BCUT2D eigenvalue weighted by molar-refractivity contribution is -0.141. The van der Waals surface area contributed by atoms with E-state index in [9.17, 15) is 15.0 Å². The third-order valence-corrected chi connectivity index (χ3v) is 4.23. The van der Waals surface area contributed by atoms with Gasteiger partial charge in [0.05, 0.1) is 18.6 Å². The smallest absolute Gasteiger partial charge is 0.306 e. The van der Waals surface area contributed by atoms with E-state index in [1.165, 1.54) is 0 Å². The van der Waals surface area contributed by atoms with E-state index in [2.05, 4.69) is 6.92 Å². The summed E-state index contributed by atoms with van der Waals surface area (Å²) in [5.41, 5.74) is 0. The molecule has 2 rings (SSSR count). The van der Waals surface area contributed by atoms with Gasteiger partial charge in [-0.2, -0.15) is 0 Å². The number of ether oxygens (including phenoxy) is 1. The average Bonchev–Trinajstić information content (AvgIpc) is 2.82. The Kier molecular flexibility index (Phi) is 4.99. The molecule has 2 N–H and O–H groups in total. The van der Waals surface area contributed by atoms with Gasteiger partial charge in [-0.15, -0.1) is 0 Å². The summed E-state index contributed by atoms with van der Waals surface area (Å²) in [7, 11) is 0. The van der Waals surface area contributed by atoms with Crippen LogP contribution in [0.4, 0.5) is 0 Å². The van der Waals surface area contributed by atoms with Crippen LogP contribution in [-0.4, -0.2) is 34.5 Å². The van der Waals surface area contributed by atoms with Crippen LogP contribution in [0.3, 0.4) is 0 Å². The molecule has 4 nitrogen and oxygen atoms in total. The third-order valence-electron chi connectivity index (χ3n) is 4.23. The molecule has 108 valence electrons.